The molecule has 0 radical (unpaired) electrons. The van der Waals surface area contributed by atoms with E-state index in [-0.39, 0.29) is 6.09 Å². The van der Waals surface area contributed by atoms with Gasteiger partial charge in [0.25, 0.3) is 0 Å². The molecule has 1 amide bonds. The second-order valence-electron chi connectivity index (χ2n) is 8.10. The molecule has 0 spiro atoms. The second-order valence-corrected chi connectivity index (χ2v) is 8.10. The minimum absolute atomic E-state index is 0.304. The Hall–Kier alpha value is -0.770. The predicted molar refractivity (Wildman–Crippen MR) is 96.7 cm³/mol. The Balaban J connectivity index is 2.51. The molecule has 1 aliphatic carbocycles. The molecular formula is C19H38N2O2. The highest BCUT2D eigenvalue weighted by Gasteiger charge is 2.26. The third-order valence-electron chi connectivity index (χ3n) is 4.57. The highest BCUT2D eigenvalue weighted by molar-refractivity contribution is 5.67. The van der Waals surface area contributed by atoms with E-state index in [2.05, 4.69) is 24.5 Å². The van der Waals surface area contributed by atoms with E-state index in [1.54, 1.807) is 0 Å². The minimum Gasteiger partial charge on any atom is -0.444 e. The summed E-state index contributed by atoms with van der Waals surface area (Å²) in [5, 5.41) is 6.74. The average Bonchev–Trinajstić information content (AvgIpc) is 2.48. The van der Waals surface area contributed by atoms with Crippen LogP contribution in [0.3, 0.4) is 0 Å². The van der Waals surface area contributed by atoms with Gasteiger partial charge in [-0.1, -0.05) is 39.0 Å². The van der Waals surface area contributed by atoms with Gasteiger partial charge in [-0.25, -0.2) is 4.79 Å². The molecule has 2 N–H and O–H groups in total. The highest BCUT2D eigenvalue weighted by atomic mass is 16.6. The Morgan fingerprint density at radius 3 is 2.43 bits per heavy atom. The van der Waals surface area contributed by atoms with Crippen molar-refractivity contribution in [1.82, 2.24) is 10.6 Å². The van der Waals surface area contributed by atoms with Crippen molar-refractivity contribution in [3.8, 4) is 0 Å². The summed E-state index contributed by atoms with van der Waals surface area (Å²) in [6.45, 7) is 10.9. The molecule has 4 nitrogen and oxygen atoms in total. The molecule has 1 aliphatic rings. The molecule has 1 fully saturated rings. The summed E-state index contributed by atoms with van der Waals surface area (Å²) in [6, 6.07) is 0.858. The van der Waals surface area contributed by atoms with Crippen LogP contribution in [0.4, 0.5) is 4.79 Å². The fourth-order valence-corrected chi connectivity index (χ4v) is 3.36. The number of alkyl carbamates (subject to hydrolysis) is 1. The number of rotatable bonds is 8. The van der Waals surface area contributed by atoms with E-state index in [9.17, 15) is 4.79 Å². The quantitative estimate of drug-likeness (QED) is 0.684. The summed E-state index contributed by atoms with van der Waals surface area (Å²) in [5.41, 5.74) is -0.438. The first-order valence-electron chi connectivity index (χ1n) is 9.54. The van der Waals surface area contributed by atoms with Crippen LogP contribution in [0.15, 0.2) is 0 Å². The van der Waals surface area contributed by atoms with Gasteiger partial charge in [0.2, 0.25) is 0 Å². The second kappa shape index (κ2) is 10.2. The molecule has 1 saturated carbocycles. The first kappa shape index (κ1) is 20.3. The molecule has 0 heterocycles. The molecule has 0 bridgehead atoms. The third-order valence-corrected chi connectivity index (χ3v) is 4.57. The van der Waals surface area contributed by atoms with Gasteiger partial charge in [0, 0.05) is 18.6 Å². The maximum absolute atomic E-state index is 11.9. The molecule has 23 heavy (non-hydrogen) atoms. The van der Waals surface area contributed by atoms with Crippen LogP contribution >= 0.6 is 0 Å². The van der Waals surface area contributed by atoms with Gasteiger partial charge in [0.15, 0.2) is 0 Å². The van der Waals surface area contributed by atoms with E-state index >= 15 is 0 Å². The molecule has 1 rings (SSSR count). The maximum atomic E-state index is 11.9. The van der Waals surface area contributed by atoms with Crippen LogP contribution in [-0.4, -0.2) is 30.3 Å². The number of ether oxygens (including phenoxy) is 1. The van der Waals surface area contributed by atoms with Crippen molar-refractivity contribution in [2.45, 2.75) is 104 Å². The Kier molecular flexibility index (Phi) is 8.96. The van der Waals surface area contributed by atoms with E-state index in [0.717, 1.165) is 0 Å². The summed E-state index contributed by atoms with van der Waals surface area (Å²) in [7, 11) is 0. The number of carbonyl (C=O) groups is 1. The molecule has 0 aromatic carbocycles. The van der Waals surface area contributed by atoms with Crippen molar-refractivity contribution in [3.63, 3.8) is 0 Å². The molecule has 136 valence electrons. The van der Waals surface area contributed by atoms with Crippen molar-refractivity contribution >= 4 is 6.09 Å². The van der Waals surface area contributed by atoms with Crippen LogP contribution < -0.4 is 10.6 Å². The number of nitrogens with one attached hydrogen (secondary N) is 2. The molecule has 2 unspecified atom stereocenters. The lowest BCUT2D eigenvalue weighted by Gasteiger charge is -2.33. The SMILES string of the molecule is CCCCC(C)NC(CNC(=O)OC(C)(C)C)C1CCCCC1. The van der Waals surface area contributed by atoms with E-state index in [1.165, 1.54) is 51.4 Å². The number of amides is 1. The van der Waals surface area contributed by atoms with Crippen LogP contribution in [0.2, 0.25) is 0 Å². The van der Waals surface area contributed by atoms with E-state index in [1.807, 2.05) is 20.8 Å². The molecule has 0 aromatic heterocycles. The van der Waals surface area contributed by atoms with Crippen molar-refractivity contribution < 1.29 is 9.53 Å². The van der Waals surface area contributed by atoms with Crippen molar-refractivity contribution in [2.75, 3.05) is 6.54 Å². The standard InChI is InChI=1S/C19H38N2O2/c1-6-7-11-15(2)21-17(16-12-9-8-10-13-16)14-20-18(22)23-19(3,4)5/h15-17,21H,6-14H2,1-5H3,(H,20,22). The fourth-order valence-electron chi connectivity index (χ4n) is 3.36. The Morgan fingerprint density at radius 1 is 1.22 bits per heavy atom. The first-order valence-corrected chi connectivity index (χ1v) is 9.54. The summed E-state index contributed by atoms with van der Waals surface area (Å²) in [4.78, 5) is 11.9. The van der Waals surface area contributed by atoms with Gasteiger partial charge in [0.1, 0.15) is 5.60 Å². The predicted octanol–water partition coefficient (Wildman–Crippen LogP) is 4.63. The Bertz CT molecular complexity index is 333. The van der Waals surface area contributed by atoms with Gasteiger partial charge in [-0.2, -0.15) is 0 Å². The normalized spacial score (nSPS) is 19.2. The zero-order valence-corrected chi connectivity index (χ0v) is 15.9. The summed E-state index contributed by atoms with van der Waals surface area (Å²) < 4.78 is 5.37. The van der Waals surface area contributed by atoms with Gasteiger partial charge in [0.05, 0.1) is 0 Å². The summed E-state index contributed by atoms with van der Waals surface area (Å²) in [6.07, 6.45) is 9.92. The van der Waals surface area contributed by atoms with Gasteiger partial charge >= 0.3 is 6.09 Å². The van der Waals surface area contributed by atoms with Crippen molar-refractivity contribution in [3.05, 3.63) is 0 Å². The molecular weight excluding hydrogens is 288 g/mol. The van der Waals surface area contributed by atoms with E-state index in [0.29, 0.717) is 24.5 Å². The topological polar surface area (TPSA) is 50.4 Å². The molecule has 4 heteroatoms. The van der Waals surface area contributed by atoms with E-state index in [4.69, 9.17) is 4.74 Å². The van der Waals surface area contributed by atoms with Crippen molar-refractivity contribution in [1.29, 1.82) is 0 Å². The monoisotopic (exact) mass is 326 g/mol. The van der Waals surface area contributed by atoms with Crippen LogP contribution in [0.5, 0.6) is 0 Å². The maximum Gasteiger partial charge on any atom is 0.407 e. The van der Waals surface area contributed by atoms with Crippen LogP contribution in [0.25, 0.3) is 0 Å². The zero-order valence-electron chi connectivity index (χ0n) is 15.9. The number of hydrogen-bond donors (Lipinski definition) is 2. The zero-order chi connectivity index (χ0) is 17.3. The molecule has 2 atom stereocenters. The van der Waals surface area contributed by atoms with Gasteiger partial charge in [-0.05, 0) is 52.9 Å². The van der Waals surface area contributed by atoms with Crippen LogP contribution in [0, 0.1) is 5.92 Å². The minimum atomic E-state index is -0.438. The lowest BCUT2D eigenvalue weighted by atomic mass is 9.83. The van der Waals surface area contributed by atoms with Crippen LogP contribution in [0.1, 0.15) is 86.0 Å². The number of carbonyl (C=O) groups excluding carboxylic acids is 1. The molecule has 0 aliphatic heterocycles. The largest absolute Gasteiger partial charge is 0.444 e. The van der Waals surface area contributed by atoms with Gasteiger partial charge < -0.3 is 15.4 Å². The van der Waals surface area contributed by atoms with Crippen LogP contribution in [-0.2, 0) is 4.74 Å². The Morgan fingerprint density at radius 2 is 1.87 bits per heavy atom. The third kappa shape index (κ3) is 9.19. The van der Waals surface area contributed by atoms with Gasteiger partial charge in [-0.3, -0.25) is 0 Å². The number of hydrogen-bond acceptors (Lipinski definition) is 3. The fraction of sp³-hybridized carbons (Fsp3) is 0.947. The Labute approximate surface area is 143 Å². The molecule has 0 aromatic rings. The first-order chi connectivity index (χ1) is 10.8. The lowest BCUT2D eigenvalue weighted by molar-refractivity contribution is 0.0514. The van der Waals surface area contributed by atoms with Gasteiger partial charge in [-0.15, -0.1) is 0 Å². The summed E-state index contributed by atoms with van der Waals surface area (Å²) in [5.74, 6) is 0.669. The highest BCUT2D eigenvalue weighted by Crippen LogP contribution is 2.26. The summed E-state index contributed by atoms with van der Waals surface area (Å²) >= 11 is 0. The van der Waals surface area contributed by atoms with E-state index < -0.39 is 5.60 Å². The van der Waals surface area contributed by atoms with Crippen molar-refractivity contribution in [2.24, 2.45) is 5.92 Å². The lowest BCUT2D eigenvalue weighted by Crippen LogP contribution is -2.49. The molecule has 0 saturated heterocycles. The number of unbranched alkanes of at least 4 members (excludes halogenated alkanes) is 1. The average molecular weight is 327 g/mol. The smallest absolute Gasteiger partial charge is 0.407 e.